The van der Waals surface area contributed by atoms with Crippen LogP contribution in [-0.2, 0) is 4.74 Å². The van der Waals surface area contributed by atoms with E-state index >= 15 is 0 Å². The van der Waals surface area contributed by atoms with Gasteiger partial charge in [-0.1, -0.05) is 64.2 Å². The second-order valence-corrected chi connectivity index (χ2v) is 6.61. The number of rotatable bonds is 4. The Bertz CT molecular complexity index is 189. The first-order chi connectivity index (χ1) is 10.7. The van der Waals surface area contributed by atoms with E-state index in [2.05, 4.69) is 0 Å². The van der Waals surface area contributed by atoms with Crippen LogP contribution in [0.5, 0.6) is 0 Å². The van der Waals surface area contributed by atoms with Crippen LogP contribution in [0.1, 0.15) is 85.0 Å². The normalized spacial score (nSPS) is 21.1. The lowest BCUT2D eigenvalue weighted by Crippen LogP contribution is -2.20. The highest BCUT2D eigenvalue weighted by Crippen LogP contribution is 2.37. The van der Waals surface area contributed by atoms with Crippen LogP contribution in [0.25, 0.3) is 0 Å². The van der Waals surface area contributed by atoms with Crippen LogP contribution >= 0.6 is 0 Å². The molecule has 0 aliphatic heterocycles. The van der Waals surface area contributed by atoms with Crippen LogP contribution in [0.3, 0.4) is 0 Å². The Labute approximate surface area is 138 Å². The van der Waals surface area contributed by atoms with Gasteiger partial charge in [-0.15, -0.1) is 0 Å². The van der Waals surface area contributed by atoms with Gasteiger partial charge in [0.25, 0.3) is 0 Å². The maximum atomic E-state index is 8.11. The summed E-state index contributed by atoms with van der Waals surface area (Å²) in [6, 6.07) is 0. The van der Waals surface area contributed by atoms with Crippen molar-refractivity contribution in [2.24, 2.45) is 11.8 Å². The lowest BCUT2D eigenvalue weighted by molar-refractivity contribution is 0.110. The fraction of sp³-hybridized carbons (Fsp3) is 1.00. The quantitative estimate of drug-likeness (QED) is 0.800. The fourth-order valence-electron chi connectivity index (χ4n) is 3.42. The van der Waals surface area contributed by atoms with Gasteiger partial charge in [-0.05, 0) is 32.6 Å². The highest BCUT2D eigenvalue weighted by molar-refractivity contribution is 4.76. The van der Waals surface area contributed by atoms with E-state index in [4.69, 9.17) is 14.9 Å². The first-order valence-corrected chi connectivity index (χ1v) is 9.52. The molecule has 0 bridgehead atoms. The molecule has 0 radical (unpaired) electrons. The third-order valence-electron chi connectivity index (χ3n) is 4.64. The predicted molar refractivity (Wildman–Crippen MR) is 94.1 cm³/mol. The Balaban J connectivity index is 0.000000372. The van der Waals surface area contributed by atoms with Crippen molar-refractivity contribution in [2.45, 2.75) is 91.1 Å². The topological polar surface area (TPSA) is 49.7 Å². The Morgan fingerprint density at radius 1 is 0.818 bits per heavy atom. The van der Waals surface area contributed by atoms with Gasteiger partial charge in [0.2, 0.25) is 0 Å². The van der Waals surface area contributed by atoms with Gasteiger partial charge in [0.1, 0.15) is 0 Å². The molecular weight excluding hydrogens is 276 g/mol. The largest absolute Gasteiger partial charge is 0.394 e. The molecule has 0 aromatic carbocycles. The first-order valence-electron chi connectivity index (χ1n) is 9.52. The monoisotopic (exact) mass is 316 g/mol. The molecule has 2 aliphatic rings. The van der Waals surface area contributed by atoms with Gasteiger partial charge in [-0.2, -0.15) is 0 Å². The highest BCUT2D eigenvalue weighted by Gasteiger charge is 2.24. The third kappa shape index (κ3) is 12.4. The molecule has 2 aliphatic carbocycles. The van der Waals surface area contributed by atoms with Crippen LogP contribution in [0.15, 0.2) is 0 Å². The second kappa shape index (κ2) is 15.8. The molecule has 2 fully saturated rings. The highest BCUT2D eigenvalue weighted by atomic mass is 16.5. The summed E-state index contributed by atoms with van der Waals surface area (Å²) >= 11 is 0. The standard InChI is InChI=1S/C12H22.C4H10O.C3H8O2/c1-3-7-11(8-4-1)12-9-5-2-6-10-12;1-3-5-4-2;1-3(5)2-4/h11-12H,1-10H2;3-4H2,1-2H3;3-5H,2H2,1H3. The van der Waals surface area contributed by atoms with E-state index in [1.54, 1.807) is 25.7 Å². The van der Waals surface area contributed by atoms with E-state index in [9.17, 15) is 0 Å². The van der Waals surface area contributed by atoms with E-state index in [0.717, 1.165) is 25.0 Å². The average Bonchev–Trinajstić information content (AvgIpc) is 2.58. The van der Waals surface area contributed by atoms with E-state index in [1.165, 1.54) is 45.4 Å². The van der Waals surface area contributed by atoms with Gasteiger partial charge in [0, 0.05) is 13.2 Å². The maximum Gasteiger partial charge on any atom is 0.0742 e. The van der Waals surface area contributed by atoms with Gasteiger partial charge >= 0.3 is 0 Å². The van der Waals surface area contributed by atoms with Gasteiger partial charge in [-0.25, -0.2) is 0 Å². The summed E-state index contributed by atoms with van der Waals surface area (Å²) in [5.41, 5.74) is 0. The summed E-state index contributed by atoms with van der Waals surface area (Å²) in [6.07, 6.45) is 14.8. The summed E-state index contributed by atoms with van der Waals surface area (Å²) in [6.45, 7) is 7.06. The third-order valence-corrected chi connectivity index (χ3v) is 4.64. The minimum Gasteiger partial charge on any atom is -0.394 e. The van der Waals surface area contributed by atoms with Gasteiger partial charge in [-0.3, -0.25) is 0 Å². The van der Waals surface area contributed by atoms with Gasteiger partial charge in [0.15, 0.2) is 0 Å². The zero-order valence-corrected chi connectivity index (χ0v) is 15.2. The Kier molecular flexibility index (Phi) is 15.7. The van der Waals surface area contributed by atoms with Crippen LogP contribution in [0.4, 0.5) is 0 Å². The van der Waals surface area contributed by atoms with Crippen molar-refractivity contribution >= 4 is 0 Å². The SMILES string of the molecule is C1CCC(C2CCCCC2)CC1.CC(O)CO.CCOCC. The van der Waals surface area contributed by atoms with E-state index in [-0.39, 0.29) is 6.61 Å². The summed E-state index contributed by atoms with van der Waals surface area (Å²) in [5, 5.41) is 16.0. The predicted octanol–water partition coefficient (Wildman–Crippen LogP) is 4.55. The number of aliphatic hydroxyl groups is 2. The lowest BCUT2D eigenvalue weighted by Gasteiger charge is -2.32. The molecule has 0 spiro atoms. The van der Waals surface area contributed by atoms with Crippen molar-refractivity contribution in [3.8, 4) is 0 Å². The average molecular weight is 317 g/mol. The molecule has 3 heteroatoms. The fourth-order valence-corrected chi connectivity index (χ4v) is 3.42. The van der Waals surface area contributed by atoms with Crippen LogP contribution < -0.4 is 0 Å². The zero-order valence-electron chi connectivity index (χ0n) is 15.2. The van der Waals surface area contributed by atoms with Crippen molar-refractivity contribution in [1.82, 2.24) is 0 Å². The Morgan fingerprint density at radius 2 is 1.14 bits per heavy atom. The lowest BCUT2D eigenvalue weighted by atomic mass is 9.73. The van der Waals surface area contributed by atoms with E-state index in [1.807, 2.05) is 13.8 Å². The Hall–Kier alpha value is -0.120. The first kappa shape index (κ1) is 21.9. The van der Waals surface area contributed by atoms with Crippen molar-refractivity contribution < 1.29 is 14.9 Å². The minimum atomic E-state index is -0.560. The smallest absolute Gasteiger partial charge is 0.0742 e. The Morgan fingerprint density at radius 3 is 1.32 bits per heavy atom. The van der Waals surface area contributed by atoms with Crippen molar-refractivity contribution in [3.63, 3.8) is 0 Å². The van der Waals surface area contributed by atoms with Crippen molar-refractivity contribution in [3.05, 3.63) is 0 Å². The molecule has 0 aromatic heterocycles. The van der Waals surface area contributed by atoms with Crippen molar-refractivity contribution in [2.75, 3.05) is 19.8 Å². The molecule has 0 heterocycles. The number of hydrogen-bond acceptors (Lipinski definition) is 3. The number of aliphatic hydroxyl groups excluding tert-OH is 2. The zero-order chi connectivity index (χ0) is 16.6. The molecule has 2 N–H and O–H groups in total. The molecule has 2 rings (SSSR count). The summed E-state index contributed by atoms with van der Waals surface area (Å²) in [4.78, 5) is 0. The second-order valence-electron chi connectivity index (χ2n) is 6.61. The van der Waals surface area contributed by atoms with E-state index < -0.39 is 6.10 Å². The molecule has 3 nitrogen and oxygen atoms in total. The molecular formula is C19H40O3. The molecule has 0 saturated heterocycles. The van der Waals surface area contributed by atoms with Gasteiger partial charge < -0.3 is 14.9 Å². The maximum absolute atomic E-state index is 8.11. The summed E-state index contributed by atoms with van der Waals surface area (Å²) in [5.74, 6) is 2.28. The molecule has 0 aromatic rings. The molecule has 0 amide bonds. The van der Waals surface area contributed by atoms with Gasteiger partial charge in [0.05, 0.1) is 12.7 Å². The molecule has 1 atom stereocenters. The molecule has 134 valence electrons. The molecule has 1 unspecified atom stereocenters. The molecule has 2 saturated carbocycles. The summed E-state index contributed by atoms with van der Waals surface area (Å²) in [7, 11) is 0. The summed E-state index contributed by atoms with van der Waals surface area (Å²) < 4.78 is 4.83. The van der Waals surface area contributed by atoms with Crippen LogP contribution in [-0.4, -0.2) is 36.1 Å². The molecule has 22 heavy (non-hydrogen) atoms. The van der Waals surface area contributed by atoms with Crippen molar-refractivity contribution in [1.29, 1.82) is 0 Å². The number of hydrogen-bond donors (Lipinski definition) is 2. The van der Waals surface area contributed by atoms with E-state index in [0.29, 0.717) is 0 Å². The minimum absolute atomic E-state index is 0.139. The van der Waals surface area contributed by atoms with Crippen LogP contribution in [0, 0.1) is 11.8 Å². The number of ether oxygens (including phenoxy) is 1. The van der Waals surface area contributed by atoms with Crippen LogP contribution in [0.2, 0.25) is 0 Å².